The SMILES string of the molecule is CC(=O)N1CCC[C@H]([C@@H]2CCCN2)O1. The van der Waals surface area contributed by atoms with Crippen LogP contribution in [0.2, 0.25) is 0 Å². The van der Waals surface area contributed by atoms with Crippen LogP contribution in [0.15, 0.2) is 0 Å². The Labute approximate surface area is 84.6 Å². The van der Waals surface area contributed by atoms with E-state index in [0.29, 0.717) is 6.04 Å². The molecule has 4 heteroatoms. The third-order valence-corrected chi connectivity index (χ3v) is 3.01. The smallest absolute Gasteiger partial charge is 0.243 e. The monoisotopic (exact) mass is 198 g/mol. The van der Waals surface area contributed by atoms with E-state index in [1.807, 2.05) is 0 Å². The fourth-order valence-electron chi connectivity index (χ4n) is 2.24. The van der Waals surface area contributed by atoms with Gasteiger partial charge in [-0.05, 0) is 32.2 Å². The molecule has 2 rings (SSSR count). The van der Waals surface area contributed by atoms with Gasteiger partial charge in [0, 0.05) is 19.5 Å². The average molecular weight is 198 g/mol. The minimum Gasteiger partial charge on any atom is -0.311 e. The summed E-state index contributed by atoms with van der Waals surface area (Å²) < 4.78 is 0. The number of hydroxylamine groups is 2. The first kappa shape index (κ1) is 9.93. The molecular weight excluding hydrogens is 180 g/mol. The molecule has 0 aliphatic carbocycles. The van der Waals surface area contributed by atoms with Crippen molar-refractivity contribution in [3.63, 3.8) is 0 Å². The van der Waals surface area contributed by atoms with Gasteiger partial charge >= 0.3 is 0 Å². The Kier molecular flexibility index (Phi) is 3.03. The zero-order chi connectivity index (χ0) is 9.97. The quantitative estimate of drug-likeness (QED) is 0.673. The molecule has 2 heterocycles. The normalized spacial score (nSPS) is 33.4. The van der Waals surface area contributed by atoms with E-state index < -0.39 is 0 Å². The van der Waals surface area contributed by atoms with E-state index in [1.165, 1.54) is 17.9 Å². The summed E-state index contributed by atoms with van der Waals surface area (Å²) in [6, 6.07) is 0.456. The molecule has 14 heavy (non-hydrogen) atoms. The first-order valence-electron chi connectivity index (χ1n) is 5.45. The predicted molar refractivity (Wildman–Crippen MR) is 52.5 cm³/mol. The number of nitrogens with one attached hydrogen (secondary N) is 1. The van der Waals surface area contributed by atoms with Gasteiger partial charge in [0.05, 0.1) is 0 Å². The van der Waals surface area contributed by atoms with Gasteiger partial charge in [-0.15, -0.1) is 0 Å². The van der Waals surface area contributed by atoms with Crippen LogP contribution in [0.25, 0.3) is 0 Å². The molecule has 0 aromatic rings. The van der Waals surface area contributed by atoms with Crippen molar-refractivity contribution in [1.29, 1.82) is 0 Å². The van der Waals surface area contributed by atoms with Crippen molar-refractivity contribution in [1.82, 2.24) is 10.4 Å². The lowest BCUT2D eigenvalue weighted by atomic mass is 10.0. The van der Waals surface area contributed by atoms with E-state index in [1.54, 1.807) is 6.92 Å². The third-order valence-electron chi connectivity index (χ3n) is 3.01. The Morgan fingerprint density at radius 3 is 2.93 bits per heavy atom. The highest BCUT2D eigenvalue weighted by molar-refractivity contribution is 5.72. The Hall–Kier alpha value is -0.610. The topological polar surface area (TPSA) is 41.6 Å². The maximum Gasteiger partial charge on any atom is 0.243 e. The molecule has 2 saturated heterocycles. The molecule has 0 radical (unpaired) electrons. The van der Waals surface area contributed by atoms with Gasteiger partial charge in [0.2, 0.25) is 5.91 Å². The fraction of sp³-hybridized carbons (Fsp3) is 0.900. The minimum atomic E-state index is 0.0210. The Morgan fingerprint density at radius 1 is 1.43 bits per heavy atom. The molecule has 0 aromatic heterocycles. The number of rotatable bonds is 1. The maximum absolute atomic E-state index is 11.1. The molecule has 2 atom stereocenters. The summed E-state index contributed by atoms with van der Waals surface area (Å²) >= 11 is 0. The first-order chi connectivity index (χ1) is 6.77. The van der Waals surface area contributed by atoms with Gasteiger partial charge in [-0.1, -0.05) is 0 Å². The lowest BCUT2D eigenvalue weighted by Gasteiger charge is -2.34. The van der Waals surface area contributed by atoms with Crippen LogP contribution in [0, 0.1) is 0 Å². The van der Waals surface area contributed by atoms with Gasteiger partial charge in [0.15, 0.2) is 0 Å². The summed E-state index contributed by atoms with van der Waals surface area (Å²) in [4.78, 5) is 16.8. The molecule has 0 bridgehead atoms. The van der Waals surface area contributed by atoms with Gasteiger partial charge in [-0.3, -0.25) is 9.63 Å². The van der Waals surface area contributed by atoms with Gasteiger partial charge in [-0.2, -0.15) is 0 Å². The zero-order valence-corrected chi connectivity index (χ0v) is 8.66. The average Bonchev–Trinajstić information content (AvgIpc) is 2.71. The van der Waals surface area contributed by atoms with Crippen molar-refractivity contribution < 1.29 is 9.63 Å². The second-order valence-corrected chi connectivity index (χ2v) is 4.11. The third kappa shape index (κ3) is 2.07. The van der Waals surface area contributed by atoms with Crippen LogP contribution in [0.4, 0.5) is 0 Å². The summed E-state index contributed by atoms with van der Waals surface area (Å²) in [5, 5.41) is 4.93. The second kappa shape index (κ2) is 4.28. The molecule has 1 N–H and O–H groups in total. The molecule has 0 spiro atoms. The number of carbonyl (C=O) groups is 1. The molecule has 0 saturated carbocycles. The first-order valence-corrected chi connectivity index (χ1v) is 5.45. The van der Waals surface area contributed by atoms with Crippen LogP contribution >= 0.6 is 0 Å². The number of nitrogens with zero attached hydrogens (tertiary/aromatic N) is 1. The Morgan fingerprint density at radius 2 is 2.29 bits per heavy atom. The highest BCUT2D eigenvalue weighted by Crippen LogP contribution is 2.21. The van der Waals surface area contributed by atoms with E-state index in [0.717, 1.165) is 25.9 Å². The summed E-state index contributed by atoms with van der Waals surface area (Å²) in [6.07, 6.45) is 4.74. The van der Waals surface area contributed by atoms with Crippen LogP contribution in [0.1, 0.15) is 32.6 Å². The van der Waals surface area contributed by atoms with Crippen LogP contribution in [-0.4, -0.2) is 36.2 Å². The van der Waals surface area contributed by atoms with Crippen LogP contribution in [0.3, 0.4) is 0 Å². The molecule has 80 valence electrons. The van der Waals surface area contributed by atoms with Crippen LogP contribution in [-0.2, 0) is 9.63 Å². The predicted octanol–water partition coefficient (Wildman–Crippen LogP) is 0.681. The molecule has 4 nitrogen and oxygen atoms in total. The van der Waals surface area contributed by atoms with Crippen molar-refractivity contribution in [2.75, 3.05) is 13.1 Å². The number of amides is 1. The minimum absolute atomic E-state index is 0.0210. The van der Waals surface area contributed by atoms with E-state index in [2.05, 4.69) is 5.32 Å². The number of hydrogen-bond acceptors (Lipinski definition) is 3. The van der Waals surface area contributed by atoms with Crippen molar-refractivity contribution in [2.45, 2.75) is 44.8 Å². The van der Waals surface area contributed by atoms with Crippen LogP contribution < -0.4 is 5.32 Å². The Balaban J connectivity index is 1.89. The molecular formula is C10H18N2O2. The highest BCUT2D eigenvalue weighted by Gasteiger charge is 2.30. The molecule has 1 amide bonds. The standard InChI is InChI=1S/C10H18N2O2/c1-8(13)12-7-3-5-10(14-12)9-4-2-6-11-9/h9-11H,2-7H2,1H3/t9-,10+/m0/s1. The van der Waals surface area contributed by atoms with E-state index >= 15 is 0 Å². The maximum atomic E-state index is 11.1. The van der Waals surface area contributed by atoms with Crippen molar-refractivity contribution in [3.8, 4) is 0 Å². The van der Waals surface area contributed by atoms with E-state index in [4.69, 9.17) is 4.84 Å². The summed E-state index contributed by atoms with van der Waals surface area (Å²) in [6.45, 7) is 3.40. The van der Waals surface area contributed by atoms with Gasteiger partial charge in [0.25, 0.3) is 0 Å². The molecule has 2 fully saturated rings. The largest absolute Gasteiger partial charge is 0.311 e. The fourth-order valence-corrected chi connectivity index (χ4v) is 2.24. The number of carbonyl (C=O) groups excluding carboxylic acids is 1. The van der Waals surface area contributed by atoms with E-state index in [-0.39, 0.29) is 12.0 Å². The molecule has 2 aliphatic rings. The molecule has 2 aliphatic heterocycles. The molecule has 0 aromatic carbocycles. The van der Waals surface area contributed by atoms with Crippen molar-refractivity contribution >= 4 is 5.91 Å². The second-order valence-electron chi connectivity index (χ2n) is 4.11. The summed E-state index contributed by atoms with van der Waals surface area (Å²) in [5.41, 5.74) is 0. The Bertz CT molecular complexity index is 214. The van der Waals surface area contributed by atoms with Gasteiger partial charge < -0.3 is 5.32 Å². The van der Waals surface area contributed by atoms with Gasteiger partial charge in [-0.25, -0.2) is 5.06 Å². The van der Waals surface area contributed by atoms with E-state index in [9.17, 15) is 4.79 Å². The molecule has 0 unspecified atom stereocenters. The lowest BCUT2D eigenvalue weighted by Crippen LogP contribution is -2.46. The lowest BCUT2D eigenvalue weighted by molar-refractivity contribution is -0.224. The number of hydrogen-bond donors (Lipinski definition) is 1. The van der Waals surface area contributed by atoms with Crippen molar-refractivity contribution in [2.24, 2.45) is 0 Å². The van der Waals surface area contributed by atoms with Gasteiger partial charge in [0.1, 0.15) is 6.10 Å². The van der Waals surface area contributed by atoms with Crippen LogP contribution in [0.5, 0.6) is 0 Å². The summed E-state index contributed by atoms with van der Waals surface area (Å²) in [7, 11) is 0. The van der Waals surface area contributed by atoms with Crippen molar-refractivity contribution in [3.05, 3.63) is 0 Å². The zero-order valence-electron chi connectivity index (χ0n) is 8.66. The summed E-state index contributed by atoms with van der Waals surface area (Å²) in [5.74, 6) is 0.0210. The highest BCUT2D eigenvalue weighted by atomic mass is 16.7.